The molecule has 0 amide bonds. The van der Waals surface area contributed by atoms with Gasteiger partial charge in [0.1, 0.15) is 0 Å². The van der Waals surface area contributed by atoms with Gasteiger partial charge in [-0.15, -0.1) is 0 Å². The molecule has 0 saturated carbocycles. The molecule has 0 spiro atoms. The molecule has 1 N–H and O–H groups in total. The van der Waals surface area contributed by atoms with Crippen LogP contribution in [0.1, 0.15) is 0 Å². The largest absolute Gasteiger partial charge is 0.493 e. The van der Waals surface area contributed by atoms with E-state index in [9.17, 15) is 4.21 Å². The summed E-state index contributed by atoms with van der Waals surface area (Å²) < 4.78 is 51.1. The summed E-state index contributed by atoms with van der Waals surface area (Å²) in [5.41, 5.74) is 3.00. The second-order valence-electron chi connectivity index (χ2n) is 5.66. The average Bonchev–Trinajstić information content (AvgIpc) is 3.22. The van der Waals surface area contributed by atoms with Gasteiger partial charge in [0.15, 0.2) is 23.0 Å². The van der Waals surface area contributed by atoms with Gasteiger partial charge in [-0.1, -0.05) is 6.07 Å². The Labute approximate surface area is 174 Å². The number of ether oxygens (including phenoxy) is 4. The van der Waals surface area contributed by atoms with Gasteiger partial charge < -0.3 is 23.1 Å². The molecule has 0 aliphatic rings. The first-order valence-corrected chi connectivity index (χ1v) is 10.1. The molecule has 8 nitrogen and oxygen atoms in total. The quantitative estimate of drug-likeness (QED) is 0.528. The highest BCUT2D eigenvalue weighted by Crippen LogP contribution is 2.44. The van der Waals surface area contributed by atoms with Crippen LogP contribution in [0.15, 0.2) is 35.7 Å². The van der Waals surface area contributed by atoms with Gasteiger partial charge in [0.25, 0.3) is 0 Å². The Bertz CT molecular complexity index is 1010. The van der Waals surface area contributed by atoms with Gasteiger partial charge >= 0.3 is 11.4 Å². The zero-order valence-electron chi connectivity index (χ0n) is 16.1. The van der Waals surface area contributed by atoms with Gasteiger partial charge in [0, 0.05) is 16.5 Å². The highest BCUT2D eigenvalue weighted by molar-refractivity contribution is 7.74. The third-order valence-electron chi connectivity index (χ3n) is 4.14. The summed E-state index contributed by atoms with van der Waals surface area (Å²) in [6, 6.07) is 8.72. The van der Waals surface area contributed by atoms with E-state index in [1.54, 1.807) is 26.4 Å². The number of hydrogen-bond donors (Lipinski definition) is 1. The van der Waals surface area contributed by atoms with Crippen LogP contribution in [0, 0.1) is 0 Å². The summed E-state index contributed by atoms with van der Waals surface area (Å²) in [6.07, 6.45) is 0. The Kier molecular flexibility index (Phi) is 6.57. The van der Waals surface area contributed by atoms with Crippen LogP contribution in [0.2, 0.25) is 0 Å². The molecule has 1 heterocycles. The van der Waals surface area contributed by atoms with Crippen LogP contribution >= 0.6 is 11.5 Å². The van der Waals surface area contributed by atoms with E-state index in [1.165, 1.54) is 25.8 Å². The van der Waals surface area contributed by atoms with Gasteiger partial charge in [-0.25, -0.2) is 0 Å². The summed E-state index contributed by atoms with van der Waals surface area (Å²) in [5.74, 6) is 1.99. The number of nitrogens with zero attached hydrogens (tertiary/aromatic N) is 1. The molecule has 0 saturated heterocycles. The standard InChI is InChI=1S/C19H19NO7S2/c1-23-14-6-5-11(7-15(14)27-29(21)22)13-10-28-20-18(13)12-8-16(24-2)19(26-4)17(9-12)25-3/h5-10H,1-4H3,(H,21,22). The van der Waals surface area contributed by atoms with Crippen LogP contribution in [0.25, 0.3) is 22.4 Å². The lowest BCUT2D eigenvalue weighted by atomic mass is 10.0. The first-order chi connectivity index (χ1) is 14.0. The van der Waals surface area contributed by atoms with Crippen molar-refractivity contribution in [3.8, 4) is 51.1 Å². The summed E-state index contributed by atoms with van der Waals surface area (Å²) in [7, 11) is 6.09. The first-order valence-electron chi connectivity index (χ1n) is 8.24. The summed E-state index contributed by atoms with van der Waals surface area (Å²) in [5, 5.41) is 1.88. The third kappa shape index (κ3) is 4.29. The van der Waals surface area contributed by atoms with Crippen molar-refractivity contribution >= 4 is 22.9 Å². The topological polar surface area (TPSA) is 96.3 Å². The van der Waals surface area contributed by atoms with Crippen LogP contribution in [0.4, 0.5) is 0 Å². The predicted molar refractivity (Wildman–Crippen MR) is 111 cm³/mol. The summed E-state index contributed by atoms with van der Waals surface area (Å²) in [6.45, 7) is 0. The molecule has 0 radical (unpaired) electrons. The molecule has 0 aliphatic carbocycles. The lowest BCUT2D eigenvalue weighted by Gasteiger charge is -2.14. The predicted octanol–water partition coefficient (Wildman–Crippen LogP) is 4.03. The normalized spacial score (nSPS) is 11.6. The SMILES string of the molecule is COc1ccc(-c2csnc2-c2cc(OC)c(OC)c(OC)c2)cc1OS(=O)O. The maximum atomic E-state index is 11.1. The van der Waals surface area contributed by atoms with Crippen molar-refractivity contribution in [3.63, 3.8) is 0 Å². The zero-order valence-corrected chi connectivity index (χ0v) is 17.8. The monoisotopic (exact) mass is 437 g/mol. The first kappa shape index (κ1) is 20.9. The molecule has 0 fully saturated rings. The zero-order chi connectivity index (χ0) is 21.0. The van der Waals surface area contributed by atoms with E-state index in [1.807, 2.05) is 23.6 Å². The Balaban J connectivity index is 2.12. The van der Waals surface area contributed by atoms with E-state index in [-0.39, 0.29) is 5.75 Å². The van der Waals surface area contributed by atoms with Gasteiger partial charge in [0.05, 0.1) is 34.1 Å². The van der Waals surface area contributed by atoms with Crippen molar-refractivity contribution in [2.75, 3.05) is 28.4 Å². The van der Waals surface area contributed by atoms with Crippen molar-refractivity contribution in [1.82, 2.24) is 4.37 Å². The Hall–Kier alpha value is -2.82. The minimum Gasteiger partial charge on any atom is -0.493 e. The molecule has 2 aromatic carbocycles. The van der Waals surface area contributed by atoms with E-state index < -0.39 is 11.4 Å². The van der Waals surface area contributed by atoms with Crippen molar-refractivity contribution in [2.45, 2.75) is 0 Å². The molecule has 1 atom stereocenters. The van der Waals surface area contributed by atoms with E-state index in [0.29, 0.717) is 28.7 Å². The fourth-order valence-corrected chi connectivity index (χ4v) is 3.85. The number of methoxy groups -OCH3 is 4. The number of rotatable bonds is 8. The number of hydrogen-bond acceptors (Lipinski definition) is 8. The second kappa shape index (κ2) is 9.12. The maximum Gasteiger partial charge on any atom is 0.357 e. The Morgan fingerprint density at radius 1 is 0.862 bits per heavy atom. The van der Waals surface area contributed by atoms with Gasteiger partial charge in [-0.2, -0.15) is 8.58 Å². The Morgan fingerprint density at radius 2 is 1.48 bits per heavy atom. The highest BCUT2D eigenvalue weighted by Gasteiger charge is 2.19. The van der Waals surface area contributed by atoms with Crippen LogP contribution in [-0.2, 0) is 11.4 Å². The van der Waals surface area contributed by atoms with Crippen molar-refractivity contribution in [1.29, 1.82) is 0 Å². The molecular formula is C19H19NO7S2. The van der Waals surface area contributed by atoms with Crippen LogP contribution < -0.4 is 23.1 Å². The van der Waals surface area contributed by atoms with Gasteiger partial charge in [-0.05, 0) is 41.4 Å². The fourth-order valence-electron chi connectivity index (χ4n) is 2.85. The maximum absolute atomic E-state index is 11.1. The minimum atomic E-state index is -2.48. The highest BCUT2D eigenvalue weighted by atomic mass is 32.2. The Morgan fingerprint density at radius 3 is 2.03 bits per heavy atom. The van der Waals surface area contributed by atoms with Gasteiger partial charge in [0.2, 0.25) is 5.75 Å². The van der Waals surface area contributed by atoms with E-state index in [0.717, 1.165) is 16.7 Å². The van der Waals surface area contributed by atoms with Gasteiger partial charge in [-0.3, -0.25) is 4.55 Å². The smallest absolute Gasteiger partial charge is 0.357 e. The number of aromatic nitrogens is 1. The van der Waals surface area contributed by atoms with Crippen LogP contribution in [0.5, 0.6) is 28.7 Å². The molecule has 3 rings (SSSR count). The molecule has 29 heavy (non-hydrogen) atoms. The van der Waals surface area contributed by atoms with Crippen LogP contribution in [-0.4, -0.2) is 41.6 Å². The van der Waals surface area contributed by atoms with E-state index in [4.69, 9.17) is 27.7 Å². The minimum absolute atomic E-state index is 0.146. The van der Waals surface area contributed by atoms with Crippen molar-refractivity contribution in [2.24, 2.45) is 0 Å². The molecule has 0 bridgehead atoms. The third-order valence-corrected chi connectivity index (χ3v) is 5.09. The molecular weight excluding hydrogens is 418 g/mol. The summed E-state index contributed by atoms with van der Waals surface area (Å²) in [4.78, 5) is 0. The molecule has 154 valence electrons. The lowest BCUT2D eigenvalue weighted by molar-refractivity contribution is 0.324. The van der Waals surface area contributed by atoms with E-state index >= 15 is 0 Å². The number of benzene rings is 2. The van der Waals surface area contributed by atoms with Crippen molar-refractivity contribution in [3.05, 3.63) is 35.7 Å². The second-order valence-corrected chi connectivity index (χ2v) is 6.89. The molecule has 3 aromatic rings. The summed E-state index contributed by atoms with van der Waals surface area (Å²) >= 11 is -1.20. The fraction of sp³-hybridized carbons (Fsp3) is 0.211. The molecule has 1 aromatic heterocycles. The lowest BCUT2D eigenvalue weighted by Crippen LogP contribution is -2.00. The van der Waals surface area contributed by atoms with E-state index in [2.05, 4.69) is 4.37 Å². The average molecular weight is 437 g/mol. The van der Waals surface area contributed by atoms with Crippen molar-refractivity contribution < 1.29 is 31.9 Å². The molecule has 10 heteroatoms. The van der Waals surface area contributed by atoms with Crippen LogP contribution in [0.3, 0.4) is 0 Å². The molecule has 0 aliphatic heterocycles. The molecule has 1 unspecified atom stereocenters.